The van der Waals surface area contributed by atoms with Gasteiger partial charge in [0.15, 0.2) is 0 Å². The number of rotatable bonds is 3. The molecule has 0 bridgehead atoms. The average Bonchev–Trinajstić information content (AvgIpc) is 2.48. The van der Waals surface area contributed by atoms with Crippen LogP contribution in [0.3, 0.4) is 0 Å². The molecular formula is C16H13ClO4. The van der Waals surface area contributed by atoms with E-state index < -0.39 is 11.9 Å². The van der Waals surface area contributed by atoms with Crippen LogP contribution in [-0.2, 0) is 4.74 Å². The van der Waals surface area contributed by atoms with Crippen LogP contribution in [0.25, 0.3) is 0 Å². The Morgan fingerprint density at radius 1 is 1.05 bits per heavy atom. The van der Waals surface area contributed by atoms with Gasteiger partial charge < -0.3 is 9.47 Å². The average molecular weight is 305 g/mol. The maximum Gasteiger partial charge on any atom is 0.343 e. The van der Waals surface area contributed by atoms with E-state index in [1.54, 1.807) is 18.2 Å². The molecule has 0 saturated heterocycles. The molecule has 5 heteroatoms. The molecule has 0 amide bonds. The number of hydrogen-bond acceptors (Lipinski definition) is 4. The van der Waals surface area contributed by atoms with Gasteiger partial charge in [-0.25, -0.2) is 9.59 Å². The van der Waals surface area contributed by atoms with Gasteiger partial charge in [0, 0.05) is 5.02 Å². The summed E-state index contributed by atoms with van der Waals surface area (Å²) in [7, 11) is 1.25. The zero-order valence-corrected chi connectivity index (χ0v) is 12.3. The van der Waals surface area contributed by atoms with Gasteiger partial charge in [-0.2, -0.15) is 0 Å². The van der Waals surface area contributed by atoms with Crippen LogP contribution in [0.2, 0.25) is 5.02 Å². The summed E-state index contributed by atoms with van der Waals surface area (Å²) in [5.74, 6) is -1.06. The molecule has 0 heterocycles. The Bertz CT molecular complexity index is 694. The number of carbonyl (C=O) groups excluding carboxylic acids is 2. The summed E-state index contributed by atoms with van der Waals surface area (Å²) in [5, 5.41) is 0.353. The normalized spacial score (nSPS) is 10.0. The van der Waals surface area contributed by atoms with Crippen LogP contribution in [0.1, 0.15) is 26.3 Å². The second kappa shape index (κ2) is 6.41. The number of ether oxygens (including phenoxy) is 2. The molecule has 21 heavy (non-hydrogen) atoms. The molecule has 0 unspecified atom stereocenters. The molecule has 0 fully saturated rings. The number of esters is 2. The molecule has 0 N–H and O–H groups in total. The third kappa shape index (κ3) is 3.61. The molecule has 2 aromatic carbocycles. The Morgan fingerprint density at radius 2 is 1.81 bits per heavy atom. The summed E-state index contributed by atoms with van der Waals surface area (Å²) in [5.41, 5.74) is 1.44. The van der Waals surface area contributed by atoms with E-state index in [4.69, 9.17) is 16.3 Å². The smallest absolute Gasteiger partial charge is 0.343 e. The Hall–Kier alpha value is -2.33. The van der Waals surface area contributed by atoms with E-state index in [0.29, 0.717) is 10.6 Å². The second-order valence-corrected chi connectivity index (χ2v) is 4.83. The number of benzene rings is 2. The first kappa shape index (κ1) is 15.1. The highest BCUT2D eigenvalue weighted by Gasteiger charge is 2.17. The van der Waals surface area contributed by atoms with Crippen LogP contribution in [0, 0.1) is 6.92 Å². The van der Waals surface area contributed by atoms with Gasteiger partial charge in [0.05, 0.1) is 12.7 Å². The molecular weight excluding hydrogens is 292 g/mol. The van der Waals surface area contributed by atoms with Crippen molar-refractivity contribution < 1.29 is 19.1 Å². The number of aryl methyl sites for hydroxylation is 1. The van der Waals surface area contributed by atoms with E-state index in [2.05, 4.69) is 4.74 Å². The monoisotopic (exact) mass is 304 g/mol. The van der Waals surface area contributed by atoms with Gasteiger partial charge in [-0.1, -0.05) is 29.3 Å². The predicted molar refractivity (Wildman–Crippen MR) is 78.9 cm³/mol. The van der Waals surface area contributed by atoms with Gasteiger partial charge in [-0.15, -0.1) is 0 Å². The van der Waals surface area contributed by atoms with Crippen molar-refractivity contribution in [3.8, 4) is 5.75 Å². The van der Waals surface area contributed by atoms with Crippen molar-refractivity contribution in [3.63, 3.8) is 0 Å². The molecule has 4 nitrogen and oxygen atoms in total. The van der Waals surface area contributed by atoms with Gasteiger partial charge in [0.1, 0.15) is 11.3 Å². The fourth-order valence-corrected chi connectivity index (χ4v) is 1.96. The standard InChI is InChI=1S/C16H13ClO4/c1-10-4-3-5-11(8-10)15(18)21-14-7-6-12(17)9-13(14)16(19)20-2/h3-9H,1-2H3. The van der Waals surface area contributed by atoms with Crippen LogP contribution in [0.5, 0.6) is 5.75 Å². The molecule has 2 rings (SSSR count). The van der Waals surface area contributed by atoms with Crippen LogP contribution >= 0.6 is 11.6 Å². The van der Waals surface area contributed by atoms with Gasteiger partial charge in [0.2, 0.25) is 0 Å². The predicted octanol–water partition coefficient (Wildman–Crippen LogP) is 3.65. The van der Waals surface area contributed by atoms with Crippen molar-refractivity contribution >= 4 is 23.5 Å². The fraction of sp³-hybridized carbons (Fsp3) is 0.125. The summed E-state index contributed by atoms with van der Waals surface area (Å²) >= 11 is 5.84. The maximum absolute atomic E-state index is 12.1. The molecule has 0 aliphatic rings. The number of carbonyl (C=O) groups is 2. The highest BCUT2D eigenvalue weighted by molar-refractivity contribution is 6.31. The first-order chi connectivity index (χ1) is 10.0. The fourth-order valence-electron chi connectivity index (χ4n) is 1.79. The minimum Gasteiger partial charge on any atom is -0.465 e. The van der Waals surface area contributed by atoms with Gasteiger partial charge in [0.25, 0.3) is 0 Å². The molecule has 0 aromatic heterocycles. The summed E-state index contributed by atoms with van der Waals surface area (Å²) in [4.78, 5) is 23.8. The highest BCUT2D eigenvalue weighted by Crippen LogP contribution is 2.24. The molecule has 0 atom stereocenters. The molecule has 108 valence electrons. The lowest BCUT2D eigenvalue weighted by atomic mass is 10.1. The summed E-state index contributed by atoms with van der Waals surface area (Å²) in [6.45, 7) is 1.87. The molecule has 0 spiro atoms. The van der Waals surface area contributed by atoms with Gasteiger partial charge in [-0.3, -0.25) is 0 Å². The summed E-state index contributed by atoms with van der Waals surface area (Å²) in [6, 6.07) is 11.4. The van der Waals surface area contributed by atoms with E-state index in [-0.39, 0.29) is 11.3 Å². The Kier molecular flexibility index (Phi) is 4.60. The Labute approximate surface area is 127 Å². The summed E-state index contributed by atoms with van der Waals surface area (Å²) in [6.07, 6.45) is 0. The van der Waals surface area contributed by atoms with Gasteiger partial charge >= 0.3 is 11.9 Å². The lowest BCUT2D eigenvalue weighted by Crippen LogP contribution is -2.12. The minimum atomic E-state index is -0.621. The van der Waals surface area contributed by atoms with Crippen LogP contribution < -0.4 is 4.74 Å². The largest absolute Gasteiger partial charge is 0.465 e. The molecule has 0 aliphatic heterocycles. The zero-order chi connectivity index (χ0) is 15.4. The van der Waals surface area contributed by atoms with E-state index in [0.717, 1.165) is 5.56 Å². The van der Waals surface area contributed by atoms with Crippen LogP contribution in [0.4, 0.5) is 0 Å². The van der Waals surface area contributed by atoms with Gasteiger partial charge in [-0.05, 0) is 37.3 Å². The second-order valence-electron chi connectivity index (χ2n) is 4.39. The van der Waals surface area contributed by atoms with Crippen molar-refractivity contribution in [1.29, 1.82) is 0 Å². The third-order valence-corrected chi connectivity index (χ3v) is 3.04. The summed E-state index contributed by atoms with van der Waals surface area (Å²) < 4.78 is 9.92. The van der Waals surface area contributed by atoms with Crippen molar-refractivity contribution in [2.75, 3.05) is 7.11 Å². The van der Waals surface area contributed by atoms with E-state index in [1.807, 2.05) is 13.0 Å². The zero-order valence-electron chi connectivity index (χ0n) is 11.6. The highest BCUT2D eigenvalue weighted by atomic mass is 35.5. The number of methoxy groups -OCH3 is 1. The SMILES string of the molecule is COC(=O)c1cc(Cl)ccc1OC(=O)c1cccc(C)c1. The van der Waals surface area contributed by atoms with Crippen molar-refractivity contribution in [2.45, 2.75) is 6.92 Å². The Morgan fingerprint density at radius 3 is 2.48 bits per heavy atom. The molecule has 0 aliphatic carbocycles. The third-order valence-electron chi connectivity index (χ3n) is 2.80. The van der Waals surface area contributed by atoms with E-state index in [1.165, 1.54) is 25.3 Å². The van der Waals surface area contributed by atoms with Crippen LogP contribution in [0.15, 0.2) is 42.5 Å². The lowest BCUT2D eigenvalue weighted by Gasteiger charge is -2.09. The maximum atomic E-state index is 12.1. The quantitative estimate of drug-likeness (QED) is 0.641. The van der Waals surface area contributed by atoms with E-state index in [9.17, 15) is 9.59 Å². The first-order valence-electron chi connectivity index (χ1n) is 6.18. The van der Waals surface area contributed by atoms with Crippen molar-refractivity contribution in [2.24, 2.45) is 0 Å². The lowest BCUT2D eigenvalue weighted by molar-refractivity contribution is 0.0593. The van der Waals surface area contributed by atoms with E-state index >= 15 is 0 Å². The van der Waals surface area contributed by atoms with Crippen molar-refractivity contribution in [3.05, 3.63) is 64.2 Å². The molecule has 0 saturated carbocycles. The number of halogens is 1. The minimum absolute atomic E-state index is 0.103. The van der Waals surface area contributed by atoms with Crippen molar-refractivity contribution in [1.82, 2.24) is 0 Å². The topological polar surface area (TPSA) is 52.6 Å². The van der Waals surface area contributed by atoms with Crippen LogP contribution in [-0.4, -0.2) is 19.0 Å². The molecule has 0 radical (unpaired) electrons. The molecule has 2 aromatic rings. The first-order valence-corrected chi connectivity index (χ1v) is 6.56. The Balaban J connectivity index is 2.31. The number of hydrogen-bond donors (Lipinski definition) is 0.